The van der Waals surface area contributed by atoms with Crippen molar-refractivity contribution in [2.75, 3.05) is 18.4 Å². The second-order valence-electron chi connectivity index (χ2n) is 4.51. The summed E-state index contributed by atoms with van der Waals surface area (Å²) in [5.74, 6) is 0. The van der Waals surface area contributed by atoms with E-state index in [2.05, 4.69) is 42.7 Å². The van der Waals surface area contributed by atoms with Crippen molar-refractivity contribution in [3.8, 4) is 0 Å². The Morgan fingerprint density at radius 3 is 2.93 bits per heavy atom. The molecule has 0 radical (unpaired) electrons. The zero-order chi connectivity index (χ0) is 10.7. The maximum Gasteiger partial charge on any atom is 0.0386 e. The van der Waals surface area contributed by atoms with Gasteiger partial charge in [-0.25, -0.2) is 0 Å². The third-order valence-corrected chi connectivity index (χ3v) is 3.05. The van der Waals surface area contributed by atoms with Crippen molar-refractivity contribution >= 4 is 5.69 Å². The van der Waals surface area contributed by atoms with Crippen LogP contribution in [0.1, 0.15) is 24.0 Å². The topological polar surface area (TPSA) is 24.1 Å². The lowest BCUT2D eigenvalue weighted by atomic mass is 10.1. The molecule has 2 rings (SSSR count). The summed E-state index contributed by atoms with van der Waals surface area (Å²) < 4.78 is 0. The van der Waals surface area contributed by atoms with E-state index in [-0.39, 0.29) is 0 Å². The van der Waals surface area contributed by atoms with Crippen LogP contribution in [0.2, 0.25) is 0 Å². The molecule has 1 heterocycles. The first-order chi connectivity index (χ1) is 7.25. The quantitative estimate of drug-likeness (QED) is 0.773. The third-order valence-electron chi connectivity index (χ3n) is 3.05. The van der Waals surface area contributed by atoms with Crippen LogP contribution in [-0.2, 0) is 0 Å². The van der Waals surface area contributed by atoms with Crippen molar-refractivity contribution in [1.29, 1.82) is 0 Å². The van der Waals surface area contributed by atoms with Crippen LogP contribution in [0.25, 0.3) is 0 Å². The molecule has 0 aromatic heterocycles. The maximum absolute atomic E-state index is 3.63. The van der Waals surface area contributed by atoms with Gasteiger partial charge in [0.1, 0.15) is 0 Å². The van der Waals surface area contributed by atoms with E-state index in [1.807, 2.05) is 0 Å². The number of hydrogen-bond acceptors (Lipinski definition) is 2. The summed E-state index contributed by atoms with van der Waals surface area (Å²) in [6.45, 7) is 6.57. The molecule has 1 aliphatic rings. The van der Waals surface area contributed by atoms with Gasteiger partial charge in [0.05, 0.1) is 0 Å². The fraction of sp³-hybridized carbons (Fsp3) is 0.538. The Hall–Kier alpha value is -1.02. The van der Waals surface area contributed by atoms with Crippen LogP contribution in [0, 0.1) is 13.8 Å². The van der Waals surface area contributed by atoms with E-state index < -0.39 is 0 Å². The lowest BCUT2D eigenvalue weighted by Crippen LogP contribution is -2.38. The third kappa shape index (κ3) is 2.72. The Morgan fingerprint density at radius 1 is 1.33 bits per heavy atom. The Morgan fingerprint density at radius 2 is 2.20 bits per heavy atom. The molecule has 0 saturated carbocycles. The summed E-state index contributed by atoms with van der Waals surface area (Å²) in [7, 11) is 0. The summed E-state index contributed by atoms with van der Waals surface area (Å²) in [6.07, 6.45) is 2.56. The normalized spacial score (nSPS) is 21.3. The van der Waals surface area contributed by atoms with Crippen LogP contribution < -0.4 is 10.6 Å². The lowest BCUT2D eigenvalue weighted by Gasteiger charge is -2.25. The van der Waals surface area contributed by atoms with Gasteiger partial charge in [-0.2, -0.15) is 0 Å². The second kappa shape index (κ2) is 4.67. The van der Waals surface area contributed by atoms with Gasteiger partial charge >= 0.3 is 0 Å². The average molecular weight is 204 g/mol. The average Bonchev–Trinajstić information content (AvgIpc) is 2.25. The zero-order valence-electron chi connectivity index (χ0n) is 9.64. The van der Waals surface area contributed by atoms with E-state index in [9.17, 15) is 0 Å². The standard InChI is InChI=1S/C13H20N2/c1-10-5-6-11(2)13(8-10)15-12-4-3-7-14-9-12/h5-6,8,12,14-15H,3-4,7,9H2,1-2H3. The van der Waals surface area contributed by atoms with Gasteiger partial charge in [0, 0.05) is 18.3 Å². The molecule has 1 aromatic carbocycles. The van der Waals surface area contributed by atoms with E-state index >= 15 is 0 Å². The first-order valence-corrected chi connectivity index (χ1v) is 5.80. The van der Waals surface area contributed by atoms with Gasteiger partial charge in [0.2, 0.25) is 0 Å². The molecule has 0 bridgehead atoms. The molecule has 2 heteroatoms. The first-order valence-electron chi connectivity index (χ1n) is 5.80. The van der Waals surface area contributed by atoms with Crippen LogP contribution in [0.15, 0.2) is 18.2 Å². The molecule has 0 aliphatic carbocycles. The fourth-order valence-corrected chi connectivity index (χ4v) is 2.09. The molecule has 1 aromatic rings. The molecule has 1 fully saturated rings. The number of nitrogens with one attached hydrogen (secondary N) is 2. The van der Waals surface area contributed by atoms with Gasteiger partial charge in [-0.05, 0) is 50.4 Å². The molecular weight excluding hydrogens is 184 g/mol. The van der Waals surface area contributed by atoms with Gasteiger partial charge in [-0.15, -0.1) is 0 Å². The summed E-state index contributed by atoms with van der Waals surface area (Å²) in [6, 6.07) is 7.19. The smallest absolute Gasteiger partial charge is 0.0386 e. The van der Waals surface area contributed by atoms with Crippen LogP contribution in [0.4, 0.5) is 5.69 Å². The Bertz CT molecular complexity index is 327. The van der Waals surface area contributed by atoms with E-state index in [0.29, 0.717) is 6.04 Å². The second-order valence-corrected chi connectivity index (χ2v) is 4.51. The SMILES string of the molecule is Cc1ccc(C)c(NC2CCCNC2)c1. The minimum atomic E-state index is 0.597. The van der Waals surface area contributed by atoms with Gasteiger partial charge < -0.3 is 10.6 Å². The summed E-state index contributed by atoms with van der Waals surface area (Å²) in [5, 5.41) is 7.05. The van der Waals surface area contributed by atoms with Gasteiger partial charge in [-0.1, -0.05) is 12.1 Å². The van der Waals surface area contributed by atoms with E-state index in [4.69, 9.17) is 0 Å². The Balaban J connectivity index is 2.05. The molecule has 82 valence electrons. The van der Waals surface area contributed by atoms with E-state index in [0.717, 1.165) is 6.54 Å². The minimum absolute atomic E-state index is 0.597. The number of piperidine rings is 1. The van der Waals surface area contributed by atoms with Crippen molar-refractivity contribution in [1.82, 2.24) is 5.32 Å². The molecular formula is C13H20N2. The zero-order valence-corrected chi connectivity index (χ0v) is 9.64. The molecule has 1 aliphatic heterocycles. The largest absolute Gasteiger partial charge is 0.381 e. The highest BCUT2D eigenvalue weighted by atomic mass is 15.0. The van der Waals surface area contributed by atoms with Gasteiger partial charge in [0.15, 0.2) is 0 Å². The molecule has 2 N–H and O–H groups in total. The van der Waals surface area contributed by atoms with Crippen molar-refractivity contribution in [2.24, 2.45) is 0 Å². The van der Waals surface area contributed by atoms with E-state index in [1.165, 1.54) is 36.2 Å². The van der Waals surface area contributed by atoms with Crippen molar-refractivity contribution in [3.63, 3.8) is 0 Å². The fourth-order valence-electron chi connectivity index (χ4n) is 2.09. The van der Waals surface area contributed by atoms with Crippen molar-refractivity contribution in [3.05, 3.63) is 29.3 Å². The van der Waals surface area contributed by atoms with Crippen molar-refractivity contribution in [2.45, 2.75) is 32.7 Å². The lowest BCUT2D eigenvalue weighted by molar-refractivity contribution is 0.480. The summed E-state index contributed by atoms with van der Waals surface area (Å²) in [5.41, 5.74) is 3.96. The maximum atomic E-state index is 3.63. The van der Waals surface area contributed by atoms with E-state index in [1.54, 1.807) is 0 Å². The van der Waals surface area contributed by atoms with Crippen LogP contribution in [-0.4, -0.2) is 19.1 Å². The number of benzene rings is 1. The number of aryl methyl sites for hydroxylation is 2. The summed E-state index contributed by atoms with van der Waals surface area (Å²) >= 11 is 0. The molecule has 1 atom stereocenters. The predicted molar refractivity (Wildman–Crippen MR) is 65.4 cm³/mol. The highest BCUT2D eigenvalue weighted by Gasteiger charge is 2.12. The highest BCUT2D eigenvalue weighted by molar-refractivity contribution is 5.53. The molecule has 0 spiro atoms. The number of anilines is 1. The molecule has 1 saturated heterocycles. The monoisotopic (exact) mass is 204 g/mol. The Kier molecular flexibility index (Phi) is 3.27. The van der Waals surface area contributed by atoms with Crippen molar-refractivity contribution < 1.29 is 0 Å². The Labute approximate surface area is 92.1 Å². The minimum Gasteiger partial charge on any atom is -0.381 e. The van der Waals surface area contributed by atoms with Crippen LogP contribution in [0.3, 0.4) is 0 Å². The first kappa shape index (κ1) is 10.5. The predicted octanol–water partition coefficient (Wildman–Crippen LogP) is 2.47. The number of rotatable bonds is 2. The summed E-state index contributed by atoms with van der Waals surface area (Å²) in [4.78, 5) is 0. The number of hydrogen-bond donors (Lipinski definition) is 2. The molecule has 0 amide bonds. The molecule has 15 heavy (non-hydrogen) atoms. The van der Waals surface area contributed by atoms with Gasteiger partial charge in [-0.3, -0.25) is 0 Å². The molecule has 1 unspecified atom stereocenters. The highest BCUT2D eigenvalue weighted by Crippen LogP contribution is 2.18. The van der Waals surface area contributed by atoms with Crippen LogP contribution in [0.5, 0.6) is 0 Å². The van der Waals surface area contributed by atoms with Gasteiger partial charge in [0.25, 0.3) is 0 Å². The van der Waals surface area contributed by atoms with Crippen LogP contribution >= 0.6 is 0 Å². The molecule has 2 nitrogen and oxygen atoms in total.